The Hall–Kier alpha value is -2.60. The van der Waals surface area contributed by atoms with Crippen molar-refractivity contribution >= 4 is 29.0 Å². The third-order valence-corrected chi connectivity index (χ3v) is 4.17. The molecule has 26 heavy (non-hydrogen) atoms. The van der Waals surface area contributed by atoms with Crippen LogP contribution in [-0.2, 0) is 4.74 Å². The molecule has 138 valence electrons. The van der Waals surface area contributed by atoms with Crippen molar-refractivity contribution < 1.29 is 14.3 Å². The quantitative estimate of drug-likeness (QED) is 0.585. The van der Waals surface area contributed by atoms with Gasteiger partial charge in [0.15, 0.2) is 5.11 Å². The molecule has 0 bridgehead atoms. The molecule has 2 rings (SSSR count). The summed E-state index contributed by atoms with van der Waals surface area (Å²) in [7, 11) is 1.64. The van der Waals surface area contributed by atoms with Crippen LogP contribution in [0.4, 0.5) is 5.69 Å². The van der Waals surface area contributed by atoms with E-state index in [1.165, 1.54) is 0 Å². The van der Waals surface area contributed by atoms with Crippen molar-refractivity contribution in [1.82, 2.24) is 5.32 Å². The van der Waals surface area contributed by atoms with Gasteiger partial charge in [0.25, 0.3) is 0 Å². The minimum absolute atomic E-state index is 0.0417. The fourth-order valence-electron chi connectivity index (χ4n) is 2.48. The lowest BCUT2D eigenvalue weighted by molar-refractivity contribution is 0.0526. The molecule has 0 aliphatic carbocycles. The molecule has 6 heteroatoms. The lowest BCUT2D eigenvalue weighted by Crippen LogP contribution is -2.31. The highest BCUT2D eigenvalue weighted by Crippen LogP contribution is 2.19. The molecular weight excluding hydrogens is 348 g/mol. The van der Waals surface area contributed by atoms with Gasteiger partial charge in [-0.25, -0.2) is 4.79 Å². The molecule has 1 atom stereocenters. The first-order valence-corrected chi connectivity index (χ1v) is 8.84. The van der Waals surface area contributed by atoms with Crippen LogP contribution in [0, 0.1) is 6.92 Å². The third kappa shape index (κ3) is 5.20. The van der Waals surface area contributed by atoms with E-state index in [4.69, 9.17) is 21.7 Å². The Balaban J connectivity index is 1.99. The maximum atomic E-state index is 11.8. The maximum absolute atomic E-state index is 11.8. The number of benzene rings is 2. The molecule has 1 unspecified atom stereocenters. The number of carbonyl (C=O) groups is 1. The van der Waals surface area contributed by atoms with Gasteiger partial charge in [0, 0.05) is 5.69 Å². The zero-order valence-corrected chi connectivity index (χ0v) is 16.3. The average molecular weight is 372 g/mol. The normalized spacial score (nSPS) is 11.4. The topological polar surface area (TPSA) is 59.6 Å². The van der Waals surface area contributed by atoms with Crippen molar-refractivity contribution in [3.63, 3.8) is 0 Å². The number of hydrogen-bond acceptors (Lipinski definition) is 4. The number of ether oxygens (including phenoxy) is 2. The fourth-order valence-corrected chi connectivity index (χ4v) is 2.76. The number of thiocarbonyl (C=S) groups is 1. The second-order valence-electron chi connectivity index (χ2n) is 5.84. The summed E-state index contributed by atoms with van der Waals surface area (Å²) in [6.07, 6.45) is 0. The molecule has 5 nitrogen and oxygen atoms in total. The van der Waals surface area contributed by atoms with Crippen molar-refractivity contribution in [1.29, 1.82) is 0 Å². The highest BCUT2D eigenvalue weighted by atomic mass is 32.1. The SMILES string of the molecule is CCOC(=O)c1ccc(NC(=S)NC(C)c2ccc(OC)cc2)c(C)c1. The predicted molar refractivity (Wildman–Crippen MR) is 108 cm³/mol. The number of carbonyl (C=O) groups excluding carboxylic acids is 1. The highest BCUT2D eigenvalue weighted by molar-refractivity contribution is 7.80. The van der Waals surface area contributed by atoms with Crippen molar-refractivity contribution in [3.05, 3.63) is 59.2 Å². The Morgan fingerprint density at radius 3 is 2.46 bits per heavy atom. The maximum Gasteiger partial charge on any atom is 0.338 e. The molecule has 2 N–H and O–H groups in total. The van der Waals surface area contributed by atoms with Crippen molar-refractivity contribution in [3.8, 4) is 5.75 Å². The summed E-state index contributed by atoms with van der Waals surface area (Å²) < 4.78 is 10.2. The second kappa shape index (κ2) is 9.20. The van der Waals surface area contributed by atoms with Gasteiger partial charge < -0.3 is 20.1 Å². The monoisotopic (exact) mass is 372 g/mol. The van der Waals surface area contributed by atoms with Crippen LogP contribution < -0.4 is 15.4 Å². The number of esters is 1. The van der Waals surface area contributed by atoms with Gasteiger partial charge in [-0.15, -0.1) is 0 Å². The van der Waals surface area contributed by atoms with Gasteiger partial charge in [-0.1, -0.05) is 12.1 Å². The summed E-state index contributed by atoms with van der Waals surface area (Å²) in [5, 5.41) is 6.94. The van der Waals surface area contributed by atoms with E-state index in [1.807, 2.05) is 44.2 Å². The van der Waals surface area contributed by atoms with Crippen molar-refractivity contribution in [2.24, 2.45) is 0 Å². The first-order chi connectivity index (χ1) is 12.4. The van der Waals surface area contributed by atoms with Crippen LogP contribution in [0.2, 0.25) is 0 Å². The number of aryl methyl sites for hydroxylation is 1. The molecule has 2 aromatic rings. The van der Waals surface area contributed by atoms with Crippen LogP contribution in [0.1, 0.15) is 41.4 Å². The number of rotatable bonds is 6. The first-order valence-electron chi connectivity index (χ1n) is 8.43. The van der Waals surface area contributed by atoms with Crippen LogP contribution in [0.15, 0.2) is 42.5 Å². The Labute approximate surface area is 159 Å². The van der Waals surface area contributed by atoms with E-state index in [1.54, 1.807) is 26.2 Å². The van der Waals surface area contributed by atoms with Gasteiger partial charge in [0.05, 0.1) is 25.3 Å². The molecule has 0 spiro atoms. The first kappa shape index (κ1) is 19.7. The van der Waals surface area contributed by atoms with Gasteiger partial charge >= 0.3 is 5.97 Å². The molecule has 0 heterocycles. The zero-order chi connectivity index (χ0) is 19.1. The van der Waals surface area contributed by atoms with Crippen LogP contribution in [0.5, 0.6) is 5.75 Å². The van der Waals surface area contributed by atoms with E-state index in [9.17, 15) is 4.79 Å². The molecule has 0 saturated carbocycles. The zero-order valence-electron chi connectivity index (χ0n) is 15.5. The number of anilines is 1. The smallest absolute Gasteiger partial charge is 0.338 e. The minimum Gasteiger partial charge on any atom is -0.497 e. The van der Waals surface area contributed by atoms with Crippen LogP contribution in [-0.4, -0.2) is 24.8 Å². The molecule has 0 aliphatic rings. The summed E-state index contributed by atoms with van der Waals surface area (Å²) in [6, 6.07) is 13.2. The van der Waals surface area contributed by atoms with Gasteiger partial charge in [-0.3, -0.25) is 0 Å². The third-order valence-electron chi connectivity index (χ3n) is 3.95. The van der Waals surface area contributed by atoms with E-state index in [0.29, 0.717) is 17.3 Å². The largest absolute Gasteiger partial charge is 0.497 e. The van der Waals surface area contributed by atoms with E-state index in [2.05, 4.69) is 10.6 Å². The van der Waals surface area contributed by atoms with Crippen molar-refractivity contribution in [2.45, 2.75) is 26.8 Å². The van der Waals surface area contributed by atoms with Crippen LogP contribution >= 0.6 is 12.2 Å². The summed E-state index contributed by atoms with van der Waals surface area (Å²) in [6.45, 7) is 6.09. The van der Waals surface area contributed by atoms with E-state index in [-0.39, 0.29) is 12.0 Å². The molecule has 2 aromatic carbocycles. The molecule has 0 saturated heterocycles. The van der Waals surface area contributed by atoms with Gasteiger partial charge in [0.1, 0.15) is 5.75 Å². The molecule has 0 aliphatic heterocycles. The van der Waals surface area contributed by atoms with Gasteiger partial charge in [-0.05, 0) is 74.4 Å². The Kier molecular flexibility index (Phi) is 6.97. The highest BCUT2D eigenvalue weighted by Gasteiger charge is 2.11. The fraction of sp³-hybridized carbons (Fsp3) is 0.300. The Morgan fingerprint density at radius 2 is 1.88 bits per heavy atom. The summed E-state index contributed by atoms with van der Waals surface area (Å²) in [4.78, 5) is 11.8. The number of methoxy groups -OCH3 is 1. The van der Waals surface area contributed by atoms with Crippen LogP contribution in [0.3, 0.4) is 0 Å². The van der Waals surface area contributed by atoms with Gasteiger partial charge in [0.2, 0.25) is 0 Å². The molecule has 0 fully saturated rings. The lowest BCUT2D eigenvalue weighted by Gasteiger charge is -2.18. The predicted octanol–water partition coefficient (Wildman–Crippen LogP) is 4.23. The number of hydrogen-bond donors (Lipinski definition) is 2. The standard InChI is InChI=1S/C20H24N2O3S/c1-5-25-19(23)16-8-11-18(13(2)12-16)22-20(26)21-14(3)15-6-9-17(24-4)10-7-15/h6-12,14H,5H2,1-4H3,(H2,21,22,26). The van der Waals surface area contributed by atoms with E-state index < -0.39 is 0 Å². The molecular formula is C20H24N2O3S. The molecule has 0 radical (unpaired) electrons. The molecule has 0 amide bonds. The summed E-state index contributed by atoms with van der Waals surface area (Å²) >= 11 is 5.41. The Morgan fingerprint density at radius 1 is 1.19 bits per heavy atom. The Bertz CT molecular complexity index is 775. The minimum atomic E-state index is -0.323. The summed E-state index contributed by atoms with van der Waals surface area (Å²) in [5.41, 5.74) is 3.39. The lowest BCUT2D eigenvalue weighted by atomic mass is 10.1. The average Bonchev–Trinajstić information content (AvgIpc) is 2.63. The van der Waals surface area contributed by atoms with Crippen LogP contribution in [0.25, 0.3) is 0 Å². The number of nitrogens with one attached hydrogen (secondary N) is 2. The molecule has 0 aromatic heterocycles. The van der Waals surface area contributed by atoms with Gasteiger partial charge in [-0.2, -0.15) is 0 Å². The van der Waals surface area contributed by atoms with E-state index in [0.717, 1.165) is 22.6 Å². The van der Waals surface area contributed by atoms with Crippen molar-refractivity contribution in [2.75, 3.05) is 19.0 Å². The van der Waals surface area contributed by atoms with E-state index >= 15 is 0 Å². The second-order valence-corrected chi connectivity index (χ2v) is 6.25. The summed E-state index contributed by atoms with van der Waals surface area (Å²) in [5.74, 6) is 0.495.